The molecule has 3 nitrogen and oxygen atoms in total. The van der Waals surface area contributed by atoms with E-state index in [-0.39, 0.29) is 5.91 Å². The van der Waals surface area contributed by atoms with Gasteiger partial charge in [0.1, 0.15) is 0 Å². The van der Waals surface area contributed by atoms with Crippen molar-refractivity contribution in [3.63, 3.8) is 0 Å². The van der Waals surface area contributed by atoms with Crippen molar-refractivity contribution in [2.24, 2.45) is 0 Å². The third-order valence-corrected chi connectivity index (χ3v) is 3.36. The van der Waals surface area contributed by atoms with Gasteiger partial charge in [-0.15, -0.1) is 0 Å². The number of unbranched alkanes of at least 4 members (excludes halogenated alkanes) is 10. The summed E-state index contributed by atoms with van der Waals surface area (Å²) >= 11 is 0. The molecule has 0 rings (SSSR count). The summed E-state index contributed by atoms with van der Waals surface area (Å²) in [6, 6.07) is 0. The van der Waals surface area contributed by atoms with Gasteiger partial charge >= 0.3 is 0 Å². The molecule has 0 saturated heterocycles. The standard InChI is InChI=1S/C15H31NO2/c1-3-4-5-6-7-8-9-10-11-12-13-14-15(17)16(2)18/h18H,3-14H2,1-2H3. The third-order valence-electron chi connectivity index (χ3n) is 3.36. The lowest BCUT2D eigenvalue weighted by Gasteiger charge is -2.07. The van der Waals surface area contributed by atoms with Crippen LogP contribution in [-0.2, 0) is 4.79 Å². The number of amides is 1. The predicted molar refractivity (Wildman–Crippen MR) is 75.6 cm³/mol. The van der Waals surface area contributed by atoms with Gasteiger partial charge in [-0.05, 0) is 6.42 Å². The molecule has 1 amide bonds. The molecule has 108 valence electrons. The van der Waals surface area contributed by atoms with Crippen molar-refractivity contribution in [2.45, 2.75) is 84.0 Å². The molecular weight excluding hydrogens is 226 g/mol. The Morgan fingerprint density at radius 2 is 1.22 bits per heavy atom. The molecule has 0 bridgehead atoms. The van der Waals surface area contributed by atoms with Crippen molar-refractivity contribution in [2.75, 3.05) is 7.05 Å². The maximum absolute atomic E-state index is 11.1. The Morgan fingerprint density at radius 3 is 1.61 bits per heavy atom. The Kier molecular flexibility index (Phi) is 12.5. The van der Waals surface area contributed by atoms with E-state index in [1.54, 1.807) is 0 Å². The normalized spacial score (nSPS) is 10.6. The summed E-state index contributed by atoms with van der Waals surface area (Å²) < 4.78 is 0. The fourth-order valence-corrected chi connectivity index (χ4v) is 2.10. The molecule has 0 heterocycles. The molecule has 18 heavy (non-hydrogen) atoms. The lowest BCUT2D eigenvalue weighted by atomic mass is 10.1. The molecule has 0 aliphatic heterocycles. The van der Waals surface area contributed by atoms with Crippen LogP contribution in [0.15, 0.2) is 0 Å². The molecule has 0 aliphatic carbocycles. The Balaban J connectivity index is 3.05. The number of hydrogen-bond donors (Lipinski definition) is 1. The summed E-state index contributed by atoms with van der Waals surface area (Å²) in [4.78, 5) is 11.1. The molecule has 0 saturated carbocycles. The second-order valence-corrected chi connectivity index (χ2v) is 5.20. The lowest BCUT2D eigenvalue weighted by Crippen LogP contribution is -2.21. The van der Waals surface area contributed by atoms with E-state index >= 15 is 0 Å². The zero-order chi connectivity index (χ0) is 13.6. The minimum atomic E-state index is -0.175. The van der Waals surface area contributed by atoms with Gasteiger partial charge in [0, 0.05) is 13.5 Å². The highest BCUT2D eigenvalue weighted by Crippen LogP contribution is 2.12. The molecule has 0 spiro atoms. The van der Waals surface area contributed by atoms with Gasteiger partial charge in [0.05, 0.1) is 0 Å². The Labute approximate surface area is 113 Å². The first-order chi connectivity index (χ1) is 8.68. The maximum Gasteiger partial charge on any atom is 0.245 e. The number of nitrogens with zero attached hydrogens (tertiary/aromatic N) is 1. The van der Waals surface area contributed by atoms with Crippen molar-refractivity contribution in [1.29, 1.82) is 0 Å². The molecule has 0 unspecified atom stereocenters. The summed E-state index contributed by atoms with van der Waals surface area (Å²) in [5, 5.41) is 9.56. The minimum Gasteiger partial charge on any atom is -0.286 e. The summed E-state index contributed by atoms with van der Waals surface area (Å²) in [6.07, 6.45) is 14.6. The quantitative estimate of drug-likeness (QED) is 0.317. The van der Waals surface area contributed by atoms with E-state index in [2.05, 4.69) is 6.92 Å². The number of hydrogen-bond acceptors (Lipinski definition) is 2. The monoisotopic (exact) mass is 257 g/mol. The van der Waals surface area contributed by atoms with Gasteiger partial charge in [-0.2, -0.15) is 0 Å². The molecular formula is C15H31NO2. The number of carbonyl (C=O) groups is 1. The fourth-order valence-electron chi connectivity index (χ4n) is 2.10. The van der Waals surface area contributed by atoms with Crippen molar-refractivity contribution in [3.05, 3.63) is 0 Å². The van der Waals surface area contributed by atoms with E-state index in [9.17, 15) is 4.79 Å². The highest BCUT2D eigenvalue weighted by molar-refractivity contribution is 5.74. The number of hydroxylamine groups is 2. The van der Waals surface area contributed by atoms with E-state index in [1.807, 2.05) is 0 Å². The van der Waals surface area contributed by atoms with E-state index in [0.717, 1.165) is 12.8 Å². The summed E-state index contributed by atoms with van der Waals surface area (Å²) in [7, 11) is 1.39. The van der Waals surface area contributed by atoms with Crippen LogP contribution in [-0.4, -0.2) is 23.2 Å². The first-order valence-electron chi connectivity index (χ1n) is 7.64. The van der Waals surface area contributed by atoms with Gasteiger partial charge in [0.2, 0.25) is 5.91 Å². The zero-order valence-corrected chi connectivity index (χ0v) is 12.3. The van der Waals surface area contributed by atoms with E-state index in [0.29, 0.717) is 11.5 Å². The Morgan fingerprint density at radius 1 is 0.833 bits per heavy atom. The molecule has 0 aliphatic rings. The average Bonchev–Trinajstić information content (AvgIpc) is 2.35. The maximum atomic E-state index is 11.1. The second-order valence-electron chi connectivity index (χ2n) is 5.20. The van der Waals surface area contributed by atoms with Crippen LogP contribution in [0, 0.1) is 0 Å². The van der Waals surface area contributed by atoms with Gasteiger partial charge in [-0.1, -0.05) is 71.1 Å². The van der Waals surface area contributed by atoms with Crippen LogP contribution in [0.2, 0.25) is 0 Å². The zero-order valence-electron chi connectivity index (χ0n) is 12.3. The molecule has 1 N–H and O–H groups in total. The van der Waals surface area contributed by atoms with Crippen molar-refractivity contribution in [3.8, 4) is 0 Å². The molecule has 0 fully saturated rings. The van der Waals surface area contributed by atoms with Crippen LogP contribution >= 0.6 is 0 Å². The van der Waals surface area contributed by atoms with Gasteiger partial charge in [0.15, 0.2) is 0 Å². The van der Waals surface area contributed by atoms with Crippen LogP contribution < -0.4 is 0 Å². The van der Waals surface area contributed by atoms with Gasteiger partial charge in [-0.3, -0.25) is 10.0 Å². The fraction of sp³-hybridized carbons (Fsp3) is 0.933. The summed E-state index contributed by atoms with van der Waals surface area (Å²) in [5.74, 6) is -0.175. The van der Waals surface area contributed by atoms with Gasteiger partial charge in [0.25, 0.3) is 0 Å². The SMILES string of the molecule is CCCCCCCCCCCCCC(=O)N(C)O. The number of rotatable bonds is 12. The predicted octanol–water partition coefficient (Wildman–Crippen LogP) is 4.54. The largest absolute Gasteiger partial charge is 0.286 e. The van der Waals surface area contributed by atoms with Crippen molar-refractivity contribution < 1.29 is 10.0 Å². The van der Waals surface area contributed by atoms with Crippen LogP contribution in [0.5, 0.6) is 0 Å². The minimum absolute atomic E-state index is 0.175. The molecule has 0 radical (unpaired) electrons. The van der Waals surface area contributed by atoms with E-state index in [4.69, 9.17) is 5.21 Å². The second kappa shape index (κ2) is 12.9. The molecule has 3 heteroatoms. The summed E-state index contributed by atoms with van der Waals surface area (Å²) in [6.45, 7) is 2.25. The summed E-state index contributed by atoms with van der Waals surface area (Å²) in [5.41, 5.74) is 0. The highest BCUT2D eigenvalue weighted by Gasteiger charge is 2.03. The van der Waals surface area contributed by atoms with Crippen molar-refractivity contribution >= 4 is 5.91 Å². The van der Waals surface area contributed by atoms with Crippen LogP contribution in [0.4, 0.5) is 0 Å². The first kappa shape index (κ1) is 17.4. The molecule has 0 atom stereocenters. The number of carbonyl (C=O) groups excluding carboxylic acids is 1. The first-order valence-corrected chi connectivity index (χ1v) is 7.64. The lowest BCUT2D eigenvalue weighted by molar-refractivity contribution is -0.159. The average molecular weight is 257 g/mol. The highest BCUT2D eigenvalue weighted by atomic mass is 16.5. The molecule has 0 aromatic heterocycles. The Bertz CT molecular complexity index is 193. The smallest absolute Gasteiger partial charge is 0.245 e. The topological polar surface area (TPSA) is 40.5 Å². The van der Waals surface area contributed by atoms with Crippen LogP contribution in [0.1, 0.15) is 84.0 Å². The van der Waals surface area contributed by atoms with Gasteiger partial charge in [-0.25, -0.2) is 5.06 Å². The van der Waals surface area contributed by atoms with E-state index in [1.165, 1.54) is 64.8 Å². The van der Waals surface area contributed by atoms with E-state index < -0.39 is 0 Å². The van der Waals surface area contributed by atoms with Crippen molar-refractivity contribution in [1.82, 2.24) is 5.06 Å². The van der Waals surface area contributed by atoms with Gasteiger partial charge < -0.3 is 0 Å². The molecule has 0 aromatic carbocycles. The van der Waals surface area contributed by atoms with Crippen LogP contribution in [0.3, 0.4) is 0 Å². The molecule has 0 aromatic rings. The third kappa shape index (κ3) is 11.9. The Hall–Kier alpha value is -0.570. The van der Waals surface area contributed by atoms with Crippen LogP contribution in [0.25, 0.3) is 0 Å².